The molecule has 1 heterocycles. The molecular weight excluding hydrogens is 358 g/mol. The van der Waals surface area contributed by atoms with Gasteiger partial charge in [-0.1, -0.05) is 70.5 Å². The Morgan fingerprint density at radius 2 is 1.42 bits per heavy atom. The molecule has 0 amide bonds. The average molecular weight is 372 g/mol. The molecule has 0 aliphatic heterocycles. The molecule has 2 heteroatoms. The monoisotopic (exact) mass is 371 g/mol. The average Bonchev–Trinajstić information content (AvgIpc) is 2.96. The van der Waals surface area contributed by atoms with Gasteiger partial charge in [-0.3, -0.25) is 0 Å². The molecule has 0 saturated heterocycles. The number of halogens is 1. The van der Waals surface area contributed by atoms with E-state index in [-0.39, 0.29) is 0 Å². The van der Waals surface area contributed by atoms with Crippen molar-refractivity contribution in [3.63, 3.8) is 0 Å². The number of rotatable bonds is 1. The van der Waals surface area contributed by atoms with Gasteiger partial charge in [-0.15, -0.1) is 0 Å². The molecule has 5 aromatic rings. The van der Waals surface area contributed by atoms with Crippen LogP contribution in [-0.4, -0.2) is 4.57 Å². The van der Waals surface area contributed by atoms with E-state index in [1.807, 2.05) is 0 Å². The normalized spacial score (nSPS) is 11.5. The van der Waals surface area contributed by atoms with E-state index in [9.17, 15) is 0 Å². The SMILES string of the molecule is Brc1ccc2c(c1)c1ccc3ccccc3c1n2-c1ccccc1. The highest BCUT2D eigenvalue weighted by molar-refractivity contribution is 9.10. The topological polar surface area (TPSA) is 4.93 Å². The summed E-state index contributed by atoms with van der Waals surface area (Å²) >= 11 is 3.62. The largest absolute Gasteiger partial charge is 0.309 e. The van der Waals surface area contributed by atoms with Crippen LogP contribution < -0.4 is 0 Å². The summed E-state index contributed by atoms with van der Waals surface area (Å²) in [7, 11) is 0. The Kier molecular flexibility index (Phi) is 3.00. The number of benzene rings is 4. The molecule has 0 bridgehead atoms. The van der Waals surface area contributed by atoms with Crippen molar-refractivity contribution in [3.05, 3.63) is 89.4 Å². The Hall–Kier alpha value is -2.58. The lowest BCUT2D eigenvalue weighted by molar-refractivity contribution is 1.19. The minimum atomic E-state index is 1.11. The fraction of sp³-hybridized carbons (Fsp3) is 0. The van der Waals surface area contributed by atoms with Crippen LogP contribution in [0.2, 0.25) is 0 Å². The third kappa shape index (κ3) is 1.93. The van der Waals surface area contributed by atoms with E-state index in [4.69, 9.17) is 0 Å². The fourth-order valence-corrected chi connectivity index (χ4v) is 3.96. The van der Waals surface area contributed by atoms with Gasteiger partial charge in [0.1, 0.15) is 0 Å². The maximum Gasteiger partial charge on any atom is 0.0619 e. The first-order valence-corrected chi connectivity index (χ1v) is 8.79. The van der Waals surface area contributed by atoms with E-state index < -0.39 is 0 Å². The van der Waals surface area contributed by atoms with Crippen LogP contribution in [0.3, 0.4) is 0 Å². The van der Waals surface area contributed by atoms with Crippen LogP contribution in [0.5, 0.6) is 0 Å². The second kappa shape index (κ2) is 5.22. The maximum atomic E-state index is 3.62. The Balaban J connectivity index is 2.09. The Bertz CT molecular complexity index is 1200. The predicted molar refractivity (Wildman–Crippen MR) is 106 cm³/mol. The Labute approximate surface area is 148 Å². The van der Waals surface area contributed by atoms with E-state index in [0.717, 1.165) is 4.47 Å². The van der Waals surface area contributed by atoms with Crippen molar-refractivity contribution in [1.82, 2.24) is 4.57 Å². The van der Waals surface area contributed by atoms with Crippen LogP contribution in [0.15, 0.2) is 89.4 Å². The molecule has 0 spiro atoms. The summed E-state index contributed by atoms with van der Waals surface area (Å²) in [5.41, 5.74) is 3.69. The van der Waals surface area contributed by atoms with Gasteiger partial charge < -0.3 is 4.57 Å². The zero-order valence-corrected chi connectivity index (χ0v) is 14.5. The summed E-state index contributed by atoms with van der Waals surface area (Å²) < 4.78 is 3.48. The fourth-order valence-electron chi connectivity index (χ4n) is 3.60. The molecule has 0 radical (unpaired) electrons. The van der Waals surface area contributed by atoms with E-state index in [1.54, 1.807) is 0 Å². The van der Waals surface area contributed by atoms with Crippen molar-refractivity contribution in [2.75, 3.05) is 0 Å². The van der Waals surface area contributed by atoms with Gasteiger partial charge in [0.25, 0.3) is 0 Å². The molecule has 1 aromatic heterocycles. The van der Waals surface area contributed by atoms with Crippen LogP contribution >= 0.6 is 15.9 Å². The molecule has 0 aliphatic rings. The van der Waals surface area contributed by atoms with Crippen LogP contribution in [0.4, 0.5) is 0 Å². The van der Waals surface area contributed by atoms with Gasteiger partial charge in [0.15, 0.2) is 0 Å². The van der Waals surface area contributed by atoms with Gasteiger partial charge in [0, 0.05) is 26.3 Å². The smallest absolute Gasteiger partial charge is 0.0619 e. The maximum absolute atomic E-state index is 3.62. The third-order valence-corrected chi connectivity index (χ3v) is 5.12. The number of hydrogen-bond acceptors (Lipinski definition) is 0. The number of hydrogen-bond donors (Lipinski definition) is 0. The van der Waals surface area contributed by atoms with Crippen molar-refractivity contribution in [2.24, 2.45) is 0 Å². The summed E-state index contributed by atoms with van der Waals surface area (Å²) in [4.78, 5) is 0. The highest BCUT2D eigenvalue weighted by Crippen LogP contribution is 2.37. The highest BCUT2D eigenvalue weighted by Gasteiger charge is 2.14. The van der Waals surface area contributed by atoms with E-state index in [2.05, 4.69) is 105 Å². The zero-order valence-electron chi connectivity index (χ0n) is 12.9. The molecular formula is C22H14BrN. The molecule has 0 fully saturated rings. The number of nitrogens with zero attached hydrogens (tertiary/aromatic N) is 1. The van der Waals surface area contributed by atoms with Gasteiger partial charge in [-0.25, -0.2) is 0 Å². The van der Waals surface area contributed by atoms with Crippen LogP contribution in [0.25, 0.3) is 38.3 Å². The molecule has 0 atom stereocenters. The molecule has 1 nitrogen and oxygen atoms in total. The summed E-state index contributed by atoms with van der Waals surface area (Å²) in [6.07, 6.45) is 0. The second-order valence-electron chi connectivity index (χ2n) is 6.02. The first-order valence-electron chi connectivity index (χ1n) is 8.00. The summed E-state index contributed by atoms with van der Waals surface area (Å²) in [5.74, 6) is 0. The van der Waals surface area contributed by atoms with Gasteiger partial charge >= 0.3 is 0 Å². The van der Waals surface area contributed by atoms with Crippen molar-refractivity contribution >= 4 is 48.5 Å². The molecule has 114 valence electrons. The van der Waals surface area contributed by atoms with Gasteiger partial charge in [-0.05, 0) is 35.7 Å². The van der Waals surface area contributed by atoms with Crippen LogP contribution in [0, 0.1) is 0 Å². The van der Waals surface area contributed by atoms with Gasteiger partial charge in [-0.2, -0.15) is 0 Å². The summed E-state index contributed by atoms with van der Waals surface area (Å²) in [6.45, 7) is 0. The number of aromatic nitrogens is 1. The van der Waals surface area contributed by atoms with Crippen LogP contribution in [0.1, 0.15) is 0 Å². The van der Waals surface area contributed by atoms with Crippen molar-refractivity contribution < 1.29 is 0 Å². The van der Waals surface area contributed by atoms with Crippen LogP contribution in [-0.2, 0) is 0 Å². The minimum absolute atomic E-state index is 1.11. The van der Waals surface area contributed by atoms with Crippen molar-refractivity contribution in [3.8, 4) is 5.69 Å². The number of fused-ring (bicyclic) bond motifs is 5. The molecule has 4 aromatic carbocycles. The Morgan fingerprint density at radius 1 is 0.625 bits per heavy atom. The highest BCUT2D eigenvalue weighted by atomic mass is 79.9. The number of para-hydroxylation sites is 1. The lowest BCUT2D eigenvalue weighted by Crippen LogP contribution is -1.93. The zero-order chi connectivity index (χ0) is 16.1. The first kappa shape index (κ1) is 13.8. The summed E-state index contributed by atoms with van der Waals surface area (Å²) in [5, 5.41) is 5.11. The van der Waals surface area contributed by atoms with E-state index >= 15 is 0 Å². The minimum Gasteiger partial charge on any atom is -0.309 e. The molecule has 24 heavy (non-hydrogen) atoms. The van der Waals surface area contributed by atoms with Crippen molar-refractivity contribution in [2.45, 2.75) is 0 Å². The molecule has 0 aliphatic carbocycles. The van der Waals surface area contributed by atoms with Gasteiger partial charge in [0.05, 0.1) is 11.0 Å². The Morgan fingerprint density at radius 3 is 2.29 bits per heavy atom. The lowest BCUT2D eigenvalue weighted by atomic mass is 10.1. The lowest BCUT2D eigenvalue weighted by Gasteiger charge is -2.09. The quantitative estimate of drug-likeness (QED) is 0.309. The summed E-state index contributed by atoms with van der Waals surface area (Å²) in [6, 6.07) is 30.2. The van der Waals surface area contributed by atoms with Crippen molar-refractivity contribution in [1.29, 1.82) is 0 Å². The molecule has 0 unspecified atom stereocenters. The molecule has 0 N–H and O–H groups in total. The molecule has 0 saturated carbocycles. The first-order chi connectivity index (χ1) is 11.8. The standard InChI is InChI=1S/C22H14BrN/c23-16-11-13-21-20(14-16)19-12-10-15-6-4-5-9-18(15)22(19)24(21)17-7-2-1-3-8-17/h1-14H. The van der Waals surface area contributed by atoms with E-state index in [1.165, 1.54) is 38.3 Å². The third-order valence-electron chi connectivity index (χ3n) is 4.63. The predicted octanol–water partition coefficient (Wildman–Crippen LogP) is 6.70. The van der Waals surface area contributed by atoms with Gasteiger partial charge in [0.2, 0.25) is 0 Å². The second-order valence-corrected chi connectivity index (χ2v) is 6.93. The molecule has 5 rings (SSSR count). The van der Waals surface area contributed by atoms with E-state index in [0.29, 0.717) is 0 Å².